The number of ether oxygens (including phenoxy) is 4. The van der Waals surface area contributed by atoms with Crippen molar-refractivity contribution in [3.8, 4) is 45.3 Å². The molecule has 0 aromatic heterocycles. The maximum atomic E-state index is 6.43. The molecule has 0 amide bonds. The van der Waals surface area contributed by atoms with Crippen molar-refractivity contribution < 1.29 is 18.9 Å². The third kappa shape index (κ3) is 7.92. The fraction of sp³-hybridized carbons (Fsp3) is 0.323. The molecule has 4 heterocycles. The molecule has 350 valence electrons. The van der Waals surface area contributed by atoms with Gasteiger partial charge >= 0.3 is 0 Å². The van der Waals surface area contributed by atoms with Gasteiger partial charge in [-0.1, -0.05) is 144 Å². The first-order valence-corrected chi connectivity index (χ1v) is 24.8. The highest BCUT2D eigenvalue weighted by molar-refractivity contribution is 7.00. The zero-order chi connectivity index (χ0) is 48.4. The Morgan fingerprint density at radius 1 is 0.333 bits per heavy atom. The lowest BCUT2D eigenvalue weighted by Crippen LogP contribution is -2.61. The highest BCUT2D eigenvalue weighted by atomic mass is 16.6. The van der Waals surface area contributed by atoms with Crippen LogP contribution in [0.2, 0.25) is 0 Å². The van der Waals surface area contributed by atoms with Gasteiger partial charge in [0.05, 0.1) is 5.69 Å². The molecule has 0 radical (unpaired) electrons. The van der Waals surface area contributed by atoms with Crippen LogP contribution in [0.25, 0.3) is 22.3 Å². The molecule has 4 aliphatic rings. The van der Waals surface area contributed by atoms with Crippen LogP contribution in [-0.2, 0) is 21.7 Å². The zero-order valence-electron chi connectivity index (χ0n) is 42.6. The van der Waals surface area contributed by atoms with Crippen LogP contribution in [0.1, 0.15) is 105 Å². The Hall–Kier alpha value is -6.60. The standard InChI is InChI=1S/C62H65BN2O4/c1-59(2,3)42-17-13-38(14-18-42)40-29-41(39-15-19-43(20-16-39)60(4,5)6)31-47(30-40)65-50-23-21-44(61(7,8)9)32-48(50)63-49-36-56-57(69-28-27-68-56)37-51(49)64(46-22-24-54-55(35-46)67-26-25-66-54)52-33-45(62(10,11)12)34-53(65)58(52)63/h13-24,29-37H,25-28H2,1-12H3. The Labute approximate surface area is 410 Å². The summed E-state index contributed by atoms with van der Waals surface area (Å²) < 4.78 is 25.2. The summed E-state index contributed by atoms with van der Waals surface area (Å²) in [7, 11) is 0. The molecule has 0 atom stereocenters. The molecule has 0 spiro atoms. The van der Waals surface area contributed by atoms with E-state index in [1.165, 1.54) is 66.6 Å². The van der Waals surface area contributed by atoms with E-state index in [0.29, 0.717) is 26.4 Å². The summed E-state index contributed by atoms with van der Waals surface area (Å²) in [6.07, 6.45) is 0. The highest BCUT2D eigenvalue weighted by Gasteiger charge is 2.46. The van der Waals surface area contributed by atoms with Crippen LogP contribution >= 0.6 is 0 Å². The summed E-state index contributed by atoms with van der Waals surface area (Å²) in [6, 6.07) is 48.6. The Bertz CT molecular complexity index is 3090. The van der Waals surface area contributed by atoms with Gasteiger partial charge in [0.25, 0.3) is 6.71 Å². The average molecular weight is 913 g/mol. The summed E-state index contributed by atoms with van der Waals surface area (Å²) in [4.78, 5) is 5.00. The van der Waals surface area contributed by atoms with Crippen molar-refractivity contribution in [3.63, 3.8) is 0 Å². The molecule has 0 fully saturated rings. The third-order valence-electron chi connectivity index (χ3n) is 14.6. The molecular weight excluding hydrogens is 848 g/mol. The van der Waals surface area contributed by atoms with E-state index in [0.717, 1.165) is 51.4 Å². The van der Waals surface area contributed by atoms with Gasteiger partial charge in [-0.25, -0.2) is 0 Å². The molecule has 6 nitrogen and oxygen atoms in total. The van der Waals surface area contributed by atoms with Crippen molar-refractivity contribution in [2.24, 2.45) is 0 Å². The van der Waals surface area contributed by atoms with Crippen LogP contribution in [0, 0.1) is 0 Å². The first-order chi connectivity index (χ1) is 32.7. The Morgan fingerprint density at radius 3 is 1.30 bits per heavy atom. The molecule has 7 aromatic carbocycles. The average Bonchev–Trinajstić information content (AvgIpc) is 3.31. The number of anilines is 6. The van der Waals surface area contributed by atoms with Crippen molar-refractivity contribution in [1.82, 2.24) is 0 Å². The molecule has 7 aromatic rings. The van der Waals surface area contributed by atoms with Gasteiger partial charge in [0, 0.05) is 40.6 Å². The molecule has 69 heavy (non-hydrogen) atoms. The Kier molecular flexibility index (Phi) is 10.4. The zero-order valence-corrected chi connectivity index (χ0v) is 42.6. The predicted octanol–water partition coefficient (Wildman–Crippen LogP) is 13.8. The molecule has 0 bridgehead atoms. The number of rotatable bonds is 4. The maximum absolute atomic E-state index is 6.43. The normalized spacial score (nSPS) is 15.1. The lowest BCUT2D eigenvalue weighted by molar-refractivity contribution is 0.171. The molecular formula is C62H65BN2O4. The smallest absolute Gasteiger partial charge is 0.252 e. The van der Waals surface area contributed by atoms with Gasteiger partial charge in [-0.3, -0.25) is 0 Å². The van der Waals surface area contributed by atoms with Crippen molar-refractivity contribution >= 4 is 57.2 Å². The van der Waals surface area contributed by atoms with Crippen LogP contribution in [0.4, 0.5) is 34.1 Å². The van der Waals surface area contributed by atoms with Crippen LogP contribution in [0.3, 0.4) is 0 Å². The van der Waals surface area contributed by atoms with Gasteiger partial charge in [-0.05, 0) is 137 Å². The molecule has 0 aliphatic carbocycles. The molecule has 4 aliphatic heterocycles. The number of nitrogens with zero attached hydrogens (tertiary/aromatic N) is 2. The summed E-state index contributed by atoms with van der Waals surface area (Å²) >= 11 is 0. The van der Waals surface area contributed by atoms with E-state index in [1.54, 1.807) is 0 Å². The molecule has 11 rings (SSSR count). The van der Waals surface area contributed by atoms with Crippen LogP contribution < -0.4 is 45.1 Å². The third-order valence-corrected chi connectivity index (χ3v) is 14.6. The number of hydrogen-bond acceptors (Lipinski definition) is 6. The molecule has 0 saturated heterocycles. The molecule has 7 heteroatoms. The largest absolute Gasteiger partial charge is 0.486 e. The minimum atomic E-state index is -0.189. The van der Waals surface area contributed by atoms with Crippen LogP contribution in [0.15, 0.2) is 127 Å². The lowest BCUT2D eigenvalue weighted by atomic mass is 9.33. The predicted molar refractivity (Wildman–Crippen MR) is 288 cm³/mol. The van der Waals surface area contributed by atoms with E-state index < -0.39 is 0 Å². The van der Waals surface area contributed by atoms with Gasteiger partial charge in [-0.2, -0.15) is 0 Å². The van der Waals surface area contributed by atoms with E-state index >= 15 is 0 Å². The molecule has 0 unspecified atom stereocenters. The summed E-state index contributed by atoms with van der Waals surface area (Å²) in [5.74, 6) is 3.05. The van der Waals surface area contributed by atoms with Crippen molar-refractivity contribution in [2.75, 3.05) is 36.2 Å². The SMILES string of the molecule is CC(C)(C)c1ccc(-c2cc(-c3ccc(C(C)(C)C)cc3)cc(N3c4ccc(C(C)(C)C)cc4B4c5cc6c(cc5N(c5ccc7c(c5)OCCO7)c5cc(C(C)(C)C)cc3c54)OCCO6)c2)cc1. The fourth-order valence-corrected chi connectivity index (χ4v) is 10.6. The van der Waals surface area contributed by atoms with Crippen LogP contribution in [0.5, 0.6) is 23.0 Å². The molecule has 0 N–H and O–H groups in total. The minimum Gasteiger partial charge on any atom is -0.486 e. The van der Waals surface area contributed by atoms with Gasteiger partial charge in [0.15, 0.2) is 23.0 Å². The second-order valence-corrected chi connectivity index (χ2v) is 23.6. The van der Waals surface area contributed by atoms with E-state index in [9.17, 15) is 0 Å². The van der Waals surface area contributed by atoms with Crippen molar-refractivity contribution in [2.45, 2.75) is 105 Å². The second-order valence-electron chi connectivity index (χ2n) is 23.6. The number of benzene rings is 7. The van der Waals surface area contributed by atoms with Crippen molar-refractivity contribution in [3.05, 3.63) is 150 Å². The van der Waals surface area contributed by atoms with E-state index in [4.69, 9.17) is 18.9 Å². The minimum absolute atomic E-state index is 0.0440. The van der Waals surface area contributed by atoms with Gasteiger partial charge in [0.1, 0.15) is 26.4 Å². The topological polar surface area (TPSA) is 43.4 Å². The Balaban J connectivity index is 1.22. The summed E-state index contributed by atoms with van der Waals surface area (Å²) in [5, 5.41) is 0. The second kappa shape index (κ2) is 16.0. The fourth-order valence-electron chi connectivity index (χ4n) is 10.6. The number of hydrogen-bond donors (Lipinski definition) is 0. The maximum Gasteiger partial charge on any atom is 0.252 e. The van der Waals surface area contributed by atoms with E-state index in [-0.39, 0.29) is 28.4 Å². The van der Waals surface area contributed by atoms with E-state index in [1.807, 2.05) is 0 Å². The van der Waals surface area contributed by atoms with Crippen molar-refractivity contribution in [1.29, 1.82) is 0 Å². The van der Waals surface area contributed by atoms with E-state index in [2.05, 4.69) is 220 Å². The van der Waals surface area contributed by atoms with Gasteiger partial charge in [0.2, 0.25) is 0 Å². The lowest BCUT2D eigenvalue weighted by Gasteiger charge is -2.45. The summed E-state index contributed by atoms with van der Waals surface area (Å²) in [6.45, 7) is 29.5. The van der Waals surface area contributed by atoms with Gasteiger partial charge < -0.3 is 28.7 Å². The highest BCUT2D eigenvalue weighted by Crippen LogP contribution is 2.50. The Morgan fingerprint density at radius 2 is 0.783 bits per heavy atom. The quantitative estimate of drug-likeness (QED) is 0.164. The first-order valence-electron chi connectivity index (χ1n) is 24.8. The van der Waals surface area contributed by atoms with Gasteiger partial charge in [-0.15, -0.1) is 0 Å². The monoisotopic (exact) mass is 913 g/mol. The molecule has 0 saturated carbocycles. The number of fused-ring (bicyclic) bond motifs is 6. The summed E-state index contributed by atoms with van der Waals surface area (Å²) in [5.41, 5.74) is 20.0. The van der Waals surface area contributed by atoms with Crippen LogP contribution in [-0.4, -0.2) is 33.1 Å². The first kappa shape index (κ1) is 44.9.